The molecule has 1 aliphatic heterocycles. The number of ether oxygens (including phenoxy) is 1. The first kappa shape index (κ1) is 15.9. The van der Waals surface area contributed by atoms with Crippen LogP contribution in [0.2, 0.25) is 0 Å². The maximum absolute atomic E-state index is 12.1. The molecule has 1 saturated carbocycles. The summed E-state index contributed by atoms with van der Waals surface area (Å²) in [6.07, 6.45) is 4.69. The number of hydrogen-bond acceptors (Lipinski definition) is 5. The van der Waals surface area contributed by atoms with Crippen LogP contribution in [0.5, 0.6) is 5.75 Å². The number of carbonyl (C=O) groups excluding carboxylic acids is 1. The van der Waals surface area contributed by atoms with Gasteiger partial charge in [-0.3, -0.25) is 0 Å². The van der Waals surface area contributed by atoms with Crippen LogP contribution in [0.25, 0.3) is 11.5 Å². The number of likely N-dealkylation sites (tertiary alicyclic amines) is 1. The average Bonchev–Trinajstić information content (AvgIpc) is 3.22. The van der Waals surface area contributed by atoms with Gasteiger partial charge in [-0.15, -0.1) is 0 Å². The topological polar surface area (TPSA) is 80.5 Å². The van der Waals surface area contributed by atoms with Gasteiger partial charge in [0, 0.05) is 11.6 Å². The second kappa shape index (κ2) is 6.74. The second-order valence-corrected chi connectivity index (χ2v) is 6.75. The van der Waals surface area contributed by atoms with Crippen molar-refractivity contribution in [1.29, 1.82) is 0 Å². The Kier molecular flexibility index (Phi) is 4.29. The molecule has 0 spiro atoms. The maximum atomic E-state index is 12.1. The van der Waals surface area contributed by atoms with Crippen molar-refractivity contribution in [2.24, 2.45) is 0 Å². The van der Waals surface area contributed by atoms with Gasteiger partial charge in [0.1, 0.15) is 11.9 Å². The van der Waals surface area contributed by atoms with Gasteiger partial charge in [-0.05, 0) is 44.0 Å². The van der Waals surface area contributed by atoms with Crippen LogP contribution in [0, 0.1) is 6.92 Å². The van der Waals surface area contributed by atoms with Gasteiger partial charge in [0.05, 0.1) is 13.1 Å². The Morgan fingerprint density at radius 1 is 1.24 bits per heavy atom. The number of hydrogen-bond donors (Lipinski definition) is 1. The minimum Gasteiger partial charge on any atom is -0.487 e. The van der Waals surface area contributed by atoms with Crippen LogP contribution in [0.4, 0.5) is 4.79 Å². The number of nitrogens with one attached hydrogen (secondary N) is 1. The first-order valence-corrected chi connectivity index (χ1v) is 8.80. The van der Waals surface area contributed by atoms with Crippen LogP contribution < -0.4 is 10.1 Å². The van der Waals surface area contributed by atoms with Crippen LogP contribution in [0.15, 0.2) is 28.8 Å². The number of carbonyl (C=O) groups is 1. The van der Waals surface area contributed by atoms with Crippen molar-refractivity contribution in [2.75, 3.05) is 13.1 Å². The average molecular weight is 342 g/mol. The molecule has 7 heteroatoms. The molecule has 1 aromatic heterocycles. The Balaban J connectivity index is 1.25. The van der Waals surface area contributed by atoms with Crippen LogP contribution >= 0.6 is 0 Å². The molecule has 1 aromatic carbocycles. The third kappa shape index (κ3) is 3.60. The fraction of sp³-hybridized carbons (Fsp3) is 0.500. The molecule has 4 rings (SSSR count). The number of rotatable bonds is 4. The van der Waals surface area contributed by atoms with E-state index in [-0.39, 0.29) is 12.1 Å². The first-order chi connectivity index (χ1) is 12.2. The van der Waals surface area contributed by atoms with Crippen molar-refractivity contribution >= 4 is 6.03 Å². The number of amides is 2. The standard InChI is InChI=1S/C18H22N4O3/c1-12-19-17(25-21-12)13-6-8-15(9-7-13)24-16-10-22(11-16)18(23)20-14-4-2-3-5-14/h6-9,14,16H,2-5,10-11H2,1H3,(H,20,23). The SMILES string of the molecule is Cc1noc(-c2ccc(OC3CN(C(=O)NC4CCCC4)C3)cc2)n1. The molecule has 0 radical (unpaired) electrons. The summed E-state index contributed by atoms with van der Waals surface area (Å²) in [7, 11) is 0. The van der Waals surface area contributed by atoms with Crippen molar-refractivity contribution in [1.82, 2.24) is 20.4 Å². The highest BCUT2D eigenvalue weighted by Gasteiger charge is 2.33. The Hall–Kier alpha value is -2.57. The van der Waals surface area contributed by atoms with E-state index in [1.807, 2.05) is 24.3 Å². The third-order valence-electron chi connectivity index (χ3n) is 4.75. The predicted molar refractivity (Wildman–Crippen MR) is 91.2 cm³/mol. The van der Waals surface area contributed by atoms with Gasteiger partial charge in [0.2, 0.25) is 0 Å². The van der Waals surface area contributed by atoms with Crippen molar-refractivity contribution in [2.45, 2.75) is 44.8 Å². The Bertz CT molecular complexity index is 731. The monoisotopic (exact) mass is 342 g/mol. The molecule has 7 nitrogen and oxygen atoms in total. The lowest BCUT2D eigenvalue weighted by atomic mass is 10.1. The van der Waals surface area contributed by atoms with E-state index in [0.717, 1.165) is 24.2 Å². The summed E-state index contributed by atoms with van der Waals surface area (Å²) in [5.41, 5.74) is 0.860. The van der Waals surface area contributed by atoms with E-state index in [4.69, 9.17) is 9.26 Å². The zero-order chi connectivity index (χ0) is 17.2. The van der Waals surface area contributed by atoms with E-state index < -0.39 is 0 Å². The van der Waals surface area contributed by atoms with Gasteiger partial charge in [0.15, 0.2) is 5.82 Å². The minimum atomic E-state index is 0.0360. The normalized spacial score (nSPS) is 18.2. The van der Waals surface area contributed by atoms with Gasteiger partial charge in [-0.2, -0.15) is 4.98 Å². The molecule has 2 fully saturated rings. The summed E-state index contributed by atoms with van der Waals surface area (Å²) in [5.74, 6) is 1.89. The highest BCUT2D eigenvalue weighted by molar-refractivity contribution is 5.75. The lowest BCUT2D eigenvalue weighted by Gasteiger charge is -2.39. The second-order valence-electron chi connectivity index (χ2n) is 6.75. The van der Waals surface area contributed by atoms with Crippen molar-refractivity contribution in [3.8, 4) is 17.2 Å². The van der Waals surface area contributed by atoms with Gasteiger partial charge < -0.3 is 19.5 Å². The molecule has 0 bridgehead atoms. The molecule has 2 amide bonds. The molecule has 0 atom stereocenters. The summed E-state index contributed by atoms with van der Waals surface area (Å²) in [4.78, 5) is 18.1. The molecule has 132 valence electrons. The summed E-state index contributed by atoms with van der Waals surface area (Å²) < 4.78 is 11.1. The zero-order valence-corrected chi connectivity index (χ0v) is 14.3. The summed E-state index contributed by atoms with van der Waals surface area (Å²) in [6.45, 7) is 3.04. The molecular weight excluding hydrogens is 320 g/mol. The Morgan fingerprint density at radius 2 is 1.96 bits per heavy atom. The molecule has 25 heavy (non-hydrogen) atoms. The van der Waals surface area contributed by atoms with Crippen LogP contribution in [0.1, 0.15) is 31.5 Å². The number of benzene rings is 1. The Labute approximate surface area is 146 Å². The van der Waals surface area contributed by atoms with Crippen molar-refractivity contribution in [3.63, 3.8) is 0 Å². The van der Waals surface area contributed by atoms with E-state index in [0.29, 0.717) is 30.8 Å². The molecular formula is C18H22N4O3. The lowest BCUT2D eigenvalue weighted by Crippen LogP contribution is -2.59. The van der Waals surface area contributed by atoms with E-state index in [2.05, 4.69) is 15.5 Å². The number of nitrogens with zero attached hydrogens (tertiary/aromatic N) is 3. The van der Waals surface area contributed by atoms with Gasteiger partial charge in [-0.25, -0.2) is 4.79 Å². The lowest BCUT2D eigenvalue weighted by molar-refractivity contribution is 0.0435. The highest BCUT2D eigenvalue weighted by Crippen LogP contribution is 2.24. The smallest absolute Gasteiger partial charge is 0.317 e. The van der Waals surface area contributed by atoms with Gasteiger partial charge >= 0.3 is 6.03 Å². The Morgan fingerprint density at radius 3 is 2.60 bits per heavy atom. The first-order valence-electron chi connectivity index (χ1n) is 8.80. The van der Waals surface area contributed by atoms with Crippen LogP contribution in [0.3, 0.4) is 0 Å². The zero-order valence-electron chi connectivity index (χ0n) is 14.3. The largest absolute Gasteiger partial charge is 0.487 e. The summed E-state index contributed by atoms with van der Waals surface area (Å²) in [6, 6.07) is 7.95. The quantitative estimate of drug-likeness (QED) is 0.924. The van der Waals surface area contributed by atoms with Crippen LogP contribution in [-0.2, 0) is 0 Å². The van der Waals surface area contributed by atoms with Crippen molar-refractivity contribution < 1.29 is 14.1 Å². The third-order valence-corrected chi connectivity index (χ3v) is 4.75. The fourth-order valence-corrected chi connectivity index (χ4v) is 3.30. The predicted octanol–water partition coefficient (Wildman–Crippen LogP) is 2.76. The van der Waals surface area contributed by atoms with Gasteiger partial charge in [-0.1, -0.05) is 18.0 Å². The van der Waals surface area contributed by atoms with Gasteiger partial charge in [0.25, 0.3) is 5.89 Å². The fourth-order valence-electron chi connectivity index (χ4n) is 3.30. The summed E-state index contributed by atoms with van der Waals surface area (Å²) >= 11 is 0. The molecule has 2 aromatic rings. The molecule has 1 aliphatic carbocycles. The van der Waals surface area contributed by atoms with Crippen LogP contribution in [-0.4, -0.2) is 46.3 Å². The number of urea groups is 1. The molecule has 1 N–H and O–H groups in total. The van der Waals surface area contributed by atoms with E-state index in [9.17, 15) is 4.79 Å². The number of aryl methyl sites for hydroxylation is 1. The highest BCUT2D eigenvalue weighted by atomic mass is 16.5. The molecule has 2 aliphatic rings. The van der Waals surface area contributed by atoms with E-state index >= 15 is 0 Å². The minimum absolute atomic E-state index is 0.0360. The molecule has 0 unspecified atom stereocenters. The van der Waals surface area contributed by atoms with E-state index in [1.54, 1.807) is 11.8 Å². The maximum Gasteiger partial charge on any atom is 0.317 e. The molecule has 1 saturated heterocycles. The van der Waals surface area contributed by atoms with E-state index in [1.165, 1.54) is 12.8 Å². The van der Waals surface area contributed by atoms with Crippen molar-refractivity contribution in [3.05, 3.63) is 30.1 Å². The number of aromatic nitrogens is 2. The summed E-state index contributed by atoms with van der Waals surface area (Å²) in [5, 5.41) is 6.89. The molecule has 2 heterocycles.